The zero-order chi connectivity index (χ0) is 11.5. The minimum absolute atomic E-state index is 0.239. The topological polar surface area (TPSA) is 94.0 Å². The van der Waals surface area contributed by atoms with Crippen molar-refractivity contribution in [2.45, 2.75) is 6.54 Å². The maximum Gasteiger partial charge on any atom is 0.325 e. The molecule has 2 rings (SSSR count). The average molecular weight is 218 g/mol. The summed E-state index contributed by atoms with van der Waals surface area (Å²) in [6.07, 6.45) is 3.28. The van der Waals surface area contributed by atoms with E-state index in [-0.39, 0.29) is 6.54 Å². The number of carboxylic acids is 1. The van der Waals surface area contributed by atoms with E-state index in [4.69, 9.17) is 10.8 Å². The Morgan fingerprint density at radius 2 is 2.12 bits per heavy atom. The van der Waals surface area contributed by atoms with Gasteiger partial charge in [0.15, 0.2) is 0 Å². The Balaban J connectivity index is 2.34. The summed E-state index contributed by atoms with van der Waals surface area (Å²) < 4.78 is 1.25. The molecule has 0 unspecified atom stereocenters. The monoisotopic (exact) mass is 218 g/mol. The highest BCUT2D eigenvalue weighted by atomic mass is 16.4. The fourth-order valence-electron chi connectivity index (χ4n) is 1.35. The van der Waals surface area contributed by atoms with Crippen LogP contribution in [0.15, 0.2) is 30.6 Å². The van der Waals surface area contributed by atoms with Crippen molar-refractivity contribution < 1.29 is 9.90 Å². The van der Waals surface area contributed by atoms with Gasteiger partial charge in [0.2, 0.25) is 0 Å². The molecule has 0 saturated carbocycles. The van der Waals surface area contributed by atoms with E-state index in [1.807, 2.05) is 0 Å². The summed E-state index contributed by atoms with van der Waals surface area (Å²) in [5, 5.41) is 12.7. The highest BCUT2D eigenvalue weighted by Crippen LogP contribution is 2.19. The highest BCUT2D eigenvalue weighted by molar-refractivity contribution is 5.68. The number of nitrogens with zero attached hydrogens (tertiary/aromatic N) is 3. The summed E-state index contributed by atoms with van der Waals surface area (Å²) >= 11 is 0. The van der Waals surface area contributed by atoms with Crippen LogP contribution in [-0.4, -0.2) is 25.8 Å². The van der Waals surface area contributed by atoms with Crippen molar-refractivity contribution in [3.63, 3.8) is 0 Å². The SMILES string of the molecule is Nc1cc(-c2ccncc2)nn1CC(=O)O. The minimum Gasteiger partial charge on any atom is -0.480 e. The highest BCUT2D eigenvalue weighted by Gasteiger charge is 2.09. The zero-order valence-electron chi connectivity index (χ0n) is 8.37. The molecule has 0 aromatic carbocycles. The van der Waals surface area contributed by atoms with Gasteiger partial charge in [0.1, 0.15) is 12.4 Å². The van der Waals surface area contributed by atoms with Gasteiger partial charge >= 0.3 is 5.97 Å². The molecular formula is C10H10N4O2. The summed E-state index contributed by atoms with van der Waals surface area (Å²) in [4.78, 5) is 14.4. The molecule has 2 heterocycles. The lowest BCUT2D eigenvalue weighted by Gasteiger charge is -1.98. The number of aliphatic carboxylic acids is 1. The van der Waals surface area contributed by atoms with E-state index >= 15 is 0 Å². The van der Waals surface area contributed by atoms with Gasteiger partial charge in [-0.2, -0.15) is 5.10 Å². The molecule has 0 bridgehead atoms. The molecule has 0 saturated heterocycles. The number of aromatic nitrogens is 3. The molecule has 0 atom stereocenters. The van der Waals surface area contributed by atoms with E-state index in [2.05, 4.69) is 10.1 Å². The average Bonchev–Trinajstić information content (AvgIpc) is 2.61. The summed E-state index contributed by atoms with van der Waals surface area (Å²) in [7, 11) is 0. The molecular weight excluding hydrogens is 208 g/mol. The number of nitrogens with two attached hydrogens (primary N) is 1. The summed E-state index contributed by atoms with van der Waals surface area (Å²) in [5.41, 5.74) is 7.14. The van der Waals surface area contributed by atoms with E-state index in [0.717, 1.165) is 5.56 Å². The molecule has 0 aliphatic carbocycles. The van der Waals surface area contributed by atoms with Crippen LogP contribution in [0.4, 0.5) is 5.82 Å². The van der Waals surface area contributed by atoms with Gasteiger partial charge in [-0.05, 0) is 12.1 Å². The molecule has 0 amide bonds. The van der Waals surface area contributed by atoms with E-state index < -0.39 is 5.97 Å². The van der Waals surface area contributed by atoms with Crippen molar-refractivity contribution >= 4 is 11.8 Å². The molecule has 16 heavy (non-hydrogen) atoms. The zero-order valence-corrected chi connectivity index (χ0v) is 8.37. The predicted octanol–water partition coefficient (Wildman–Crippen LogP) is 0.612. The van der Waals surface area contributed by atoms with Crippen molar-refractivity contribution in [3.8, 4) is 11.3 Å². The number of hydrogen-bond acceptors (Lipinski definition) is 4. The number of carboxylic acid groups (broad SMARTS) is 1. The predicted molar refractivity (Wildman–Crippen MR) is 57.5 cm³/mol. The Morgan fingerprint density at radius 3 is 2.75 bits per heavy atom. The third-order valence-corrected chi connectivity index (χ3v) is 2.07. The maximum absolute atomic E-state index is 10.5. The second-order valence-electron chi connectivity index (χ2n) is 3.24. The lowest BCUT2D eigenvalue weighted by Crippen LogP contribution is -2.12. The van der Waals surface area contributed by atoms with Crippen LogP contribution in [0, 0.1) is 0 Å². The van der Waals surface area contributed by atoms with Crippen molar-refractivity contribution in [2.75, 3.05) is 5.73 Å². The van der Waals surface area contributed by atoms with Crippen LogP contribution in [-0.2, 0) is 11.3 Å². The Hall–Kier alpha value is -2.37. The van der Waals surface area contributed by atoms with Gasteiger partial charge in [-0.1, -0.05) is 0 Å². The van der Waals surface area contributed by atoms with Gasteiger partial charge in [0.25, 0.3) is 0 Å². The summed E-state index contributed by atoms with van der Waals surface area (Å²) in [6, 6.07) is 5.21. The third kappa shape index (κ3) is 2.00. The van der Waals surface area contributed by atoms with Crippen molar-refractivity contribution in [1.82, 2.24) is 14.8 Å². The van der Waals surface area contributed by atoms with Gasteiger partial charge in [0, 0.05) is 24.0 Å². The molecule has 2 aromatic rings. The van der Waals surface area contributed by atoms with E-state index in [0.29, 0.717) is 11.5 Å². The van der Waals surface area contributed by atoms with Crippen LogP contribution >= 0.6 is 0 Å². The van der Waals surface area contributed by atoms with Crippen molar-refractivity contribution in [3.05, 3.63) is 30.6 Å². The molecule has 0 aliphatic rings. The van der Waals surface area contributed by atoms with Crippen LogP contribution in [0.1, 0.15) is 0 Å². The molecule has 82 valence electrons. The second-order valence-corrected chi connectivity index (χ2v) is 3.24. The van der Waals surface area contributed by atoms with Crippen LogP contribution in [0.3, 0.4) is 0 Å². The molecule has 6 heteroatoms. The summed E-state index contributed by atoms with van der Waals surface area (Å²) in [6.45, 7) is -0.239. The lowest BCUT2D eigenvalue weighted by atomic mass is 10.2. The molecule has 0 radical (unpaired) electrons. The Morgan fingerprint density at radius 1 is 1.44 bits per heavy atom. The summed E-state index contributed by atoms with van der Waals surface area (Å²) in [5.74, 6) is -0.648. The van der Waals surface area contributed by atoms with Crippen LogP contribution in [0.2, 0.25) is 0 Å². The van der Waals surface area contributed by atoms with E-state index in [1.54, 1.807) is 30.6 Å². The fraction of sp³-hybridized carbons (Fsp3) is 0.100. The van der Waals surface area contributed by atoms with Gasteiger partial charge in [-0.15, -0.1) is 0 Å². The second kappa shape index (κ2) is 4.01. The van der Waals surface area contributed by atoms with Crippen LogP contribution in [0.25, 0.3) is 11.3 Å². The Bertz CT molecular complexity index is 507. The maximum atomic E-state index is 10.5. The minimum atomic E-state index is -0.976. The van der Waals surface area contributed by atoms with Crippen LogP contribution in [0.5, 0.6) is 0 Å². The van der Waals surface area contributed by atoms with E-state index in [1.165, 1.54) is 4.68 Å². The number of hydrogen-bond donors (Lipinski definition) is 2. The van der Waals surface area contributed by atoms with Crippen molar-refractivity contribution in [2.24, 2.45) is 0 Å². The van der Waals surface area contributed by atoms with E-state index in [9.17, 15) is 4.79 Å². The number of nitrogen functional groups attached to an aromatic ring is 1. The van der Waals surface area contributed by atoms with Gasteiger partial charge in [-0.3, -0.25) is 9.78 Å². The molecule has 0 aliphatic heterocycles. The smallest absolute Gasteiger partial charge is 0.325 e. The first kappa shape index (κ1) is 10.2. The normalized spacial score (nSPS) is 10.2. The third-order valence-electron chi connectivity index (χ3n) is 2.07. The molecule has 3 N–H and O–H groups in total. The molecule has 6 nitrogen and oxygen atoms in total. The quantitative estimate of drug-likeness (QED) is 0.787. The van der Waals surface area contributed by atoms with Gasteiger partial charge < -0.3 is 10.8 Å². The lowest BCUT2D eigenvalue weighted by molar-refractivity contribution is -0.137. The largest absolute Gasteiger partial charge is 0.480 e. The Labute approximate surface area is 91.3 Å². The first-order valence-corrected chi connectivity index (χ1v) is 4.62. The number of pyridine rings is 1. The molecule has 0 fully saturated rings. The number of anilines is 1. The number of rotatable bonds is 3. The molecule has 0 spiro atoms. The van der Waals surface area contributed by atoms with Crippen LogP contribution < -0.4 is 5.73 Å². The number of carbonyl (C=O) groups is 1. The molecule has 2 aromatic heterocycles. The van der Waals surface area contributed by atoms with Gasteiger partial charge in [0.05, 0.1) is 5.69 Å². The van der Waals surface area contributed by atoms with Crippen molar-refractivity contribution in [1.29, 1.82) is 0 Å². The standard InChI is InChI=1S/C10H10N4O2/c11-9-5-8(7-1-3-12-4-2-7)13-14(9)6-10(15)16/h1-5H,6,11H2,(H,15,16). The first-order valence-electron chi connectivity index (χ1n) is 4.62. The first-order chi connectivity index (χ1) is 7.66. The Kier molecular flexibility index (Phi) is 2.55. The fourth-order valence-corrected chi connectivity index (χ4v) is 1.35. The van der Waals surface area contributed by atoms with Gasteiger partial charge in [-0.25, -0.2) is 4.68 Å².